The molecule has 2 rings (SSSR count). The Morgan fingerprint density at radius 3 is 2.72 bits per heavy atom. The summed E-state index contributed by atoms with van der Waals surface area (Å²) in [6.07, 6.45) is 0. The van der Waals surface area contributed by atoms with Crippen LogP contribution in [0.1, 0.15) is 25.5 Å². The molecule has 2 atom stereocenters. The highest BCUT2D eigenvalue weighted by Crippen LogP contribution is 2.30. The lowest BCUT2D eigenvalue weighted by Crippen LogP contribution is -2.50. The van der Waals surface area contributed by atoms with Gasteiger partial charge in [-0.2, -0.15) is 0 Å². The van der Waals surface area contributed by atoms with Crippen molar-refractivity contribution in [2.75, 3.05) is 31.6 Å². The minimum atomic E-state index is 0.0723. The fraction of sp³-hybridized carbons (Fsp3) is 0.571. The Hall–Kier alpha value is -0.580. The second kappa shape index (κ2) is 5.59. The molecule has 0 saturated carbocycles. The van der Waals surface area contributed by atoms with E-state index < -0.39 is 0 Å². The molecular weight excluding hydrogens is 290 g/mol. The Morgan fingerprint density at radius 2 is 2.11 bits per heavy atom. The van der Waals surface area contributed by atoms with Crippen LogP contribution < -0.4 is 10.6 Å². The van der Waals surface area contributed by atoms with E-state index >= 15 is 0 Å². The molecule has 100 valence electrons. The summed E-state index contributed by atoms with van der Waals surface area (Å²) in [7, 11) is 2.19. The van der Waals surface area contributed by atoms with Crippen LogP contribution in [0.15, 0.2) is 22.7 Å². The number of hydrogen-bond donors (Lipinski definition) is 1. The zero-order chi connectivity index (χ0) is 13.3. The topological polar surface area (TPSA) is 32.5 Å². The van der Waals surface area contributed by atoms with Crippen LogP contribution >= 0.6 is 15.9 Å². The first-order valence-corrected chi connectivity index (χ1v) is 7.28. The molecule has 1 aliphatic heterocycles. The molecule has 1 aromatic carbocycles. The molecule has 0 aromatic heterocycles. The number of nitrogens with two attached hydrogens (primary N) is 1. The van der Waals surface area contributed by atoms with Crippen LogP contribution in [0.25, 0.3) is 0 Å². The van der Waals surface area contributed by atoms with Crippen molar-refractivity contribution in [2.45, 2.75) is 25.9 Å². The fourth-order valence-electron chi connectivity index (χ4n) is 2.44. The molecular formula is C14H22BrN3. The second-order valence-electron chi connectivity index (χ2n) is 5.27. The van der Waals surface area contributed by atoms with E-state index in [4.69, 9.17) is 5.73 Å². The van der Waals surface area contributed by atoms with Crippen LogP contribution in [0.5, 0.6) is 0 Å². The van der Waals surface area contributed by atoms with Crippen molar-refractivity contribution >= 4 is 21.6 Å². The molecule has 4 heteroatoms. The van der Waals surface area contributed by atoms with E-state index in [1.807, 2.05) is 6.92 Å². The van der Waals surface area contributed by atoms with Crippen LogP contribution in [0.4, 0.5) is 5.69 Å². The largest absolute Gasteiger partial charge is 0.368 e. The van der Waals surface area contributed by atoms with Gasteiger partial charge in [-0.3, -0.25) is 0 Å². The minimum Gasteiger partial charge on any atom is -0.368 e. The summed E-state index contributed by atoms with van der Waals surface area (Å²) in [5.41, 5.74) is 8.59. The van der Waals surface area contributed by atoms with E-state index in [9.17, 15) is 0 Å². The van der Waals surface area contributed by atoms with Crippen LogP contribution in [0.2, 0.25) is 0 Å². The van der Waals surface area contributed by atoms with Crippen molar-refractivity contribution in [3.8, 4) is 0 Å². The van der Waals surface area contributed by atoms with Gasteiger partial charge in [0.2, 0.25) is 0 Å². The molecule has 1 saturated heterocycles. The van der Waals surface area contributed by atoms with Crippen molar-refractivity contribution in [3.05, 3.63) is 28.2 Å². The first-order chi connectivity index (χ1) is 8.49. The number of piperazine rings is 1. The summed E-state index contributed by atoms with van der Waals surface area (Å²) in [6, 6.07) is 7.05. The van der Waals surface area contributed by atoms with Crippen LogP contribution in [0, 0.1) is 0 Å². The number of rotatable bonds is 2. The first kappa shape index (κ1) is 13.8. The standard InChI is InChI=1S/C14H22BrN3/c1-10-9-18(7-6-17(10)3)14-8-12(15)4-5-13(14)11(2)16/h4-5,8,10-11H,6-7,9,16H2,1-3H3. The summed E-state index contributed by atoms with van der Waals surface area (Å²) >= 11 is 3.56. The smallest absolute Gasteiger partial charge is 0.0426 e. The predicted molar refractivity (Wildman–Crippen MR) is 81.0 cm³/mol. The van der Waals surface area contributed by atoms with Gasteiger partial charge >= 0.3 is 0 Å². The third-order valence-electron chi connectivity index (χ3n) is 3.78. The summed E-state index contributed by atoms with van der Waals surface area (Å²) < 4.78 is 1.12. The van der Waals surface area contributed by atoms with Crippen LogP contribution in [0.3, 0.4) is 0 Å². The van der Waals surface area contributed by atoms with E-state index in [2.05, 4.69) is 57.9 Å². The lowest BCUT2D eigenvalue weighted by Gasteiger charge is -2.40. The van der Waals surface area contributed by atoms with Gasteiger partial charge < -0.3 is 15.5 Å². The lowest BCUT2D eigenvalue weighted by atomic mass is 10.0. The number of hydrogen-bond acceptors (Lipinski definition) is 3. The lowest BCUT2D eigenvalue weighted by molar-refractivity contribution is 0.234. The van der Waals surface area contributed by atoms with E-state index in [0.717, 1.165) is 24.1 Å². The average Bonchev–Trinajstić information content (AvgIpc) is 2.32. The van der Waals surface area contributed by atoms with Gasteiger partial charge in [-0.1, -0.05) is 22.0 Å². The molecule has 1 aliphatic rings. The molecule has 0 amide bonds. The van der Waals surface area contributed by atoms with Crippen molar-refractivity contribution in [1.82, 2.24) is 4.90 Å². The van der Waals surface area contributed by atoms with Gasteiger partial charge in [-0.05, 0) is 38.6 Å². The maximum absolute atomic E-state index is 6.08. The molecule has 0 spiro atoms. The summed E-state index contributed by atoms with van der Waals surface area (Å²) in [6.45, 7) is 7.55. The van der Waals surface area contributed by atoms with E-state index in [0.29, 0.717) is 6.04 Å². The Kier molecular flexibility index (Phi) is 4.30. The highest BCUT2D eigenvalue weighted by Gasteiger charge is 2.23. The SMILES string of the molecule is CC(N)c1ccc(Br)cc1N1CCN(C)C(C)C1. The molecule has 2 unspecified atom stereocenters. The van der Waals surface area contributed by atoms with Gasteiger partial charge in [0.25, 0.3) is 0 Å². The maximum Gasteiger partial charge on any atom is 0.0426 e. The highest BCUT2D eigenvalue weighted by atomic mass is 79.9. The van der Waals surface area contributed by atoms with Gasteiger partial charge in [-0.15, -0.1) is 0 Å². The highest BCUT2D eigenvalue weighted by molar-refractivity contribution is 9.10. The molecule has 1 fully saturated rings. The summed E-state index contributed by atoms with van der Waals surface area (Å²) in [5.74, 6) is 0. The van der Waals surface area contributed by atoms with Crippen molar-refractivity contribution in [1.29, 1.82) is 0 Å². The minimum absolute atomic E-state index is 0.0723. The predicted octanol–water partition coefficient (Wildman–Crippen LogP) is 2.61. The van der Waals surface area contributed by atoms with Gasteiger partial charge in [0.1, 0.15) is 0 Å². The molecule has 2 N–H and O–H groups in total. The molecule has 1 heterocycles. The van der Waals surface area contributed by atoms with Crippen LogP contribution in [-0.4, -0.2) is 37.6 Å². The summed E-state index contributed by atoms with van der Waals surface area (Å²) in [4.78, 5) is 4.86. The Morgan fingerprint density at radius 1 is 1.39 bits per heavy atom. The van der Waals surface area contributed by atoms with Crippen molar-refractivity contribution < 1.29 is 0 Å². The van der Waals surface area contributed by atoms with E-state index in [1.54, 1.807) is 0 Å². The molecule has 0 aliphatic carbocycles. The third kappa shape index (κ3) is 2.87. The summed E-state index contributed by atoms with van der Waals surface area (Å²) in [5, 5.41) is 0. The van der Waals surface area contributed by atoms with Gasteiger partial charge in [-0.25, -0.2) is 0 Å². The van der Waals surface area contributed by atoms with Gasteiger partial charge in [0.15, 0.2) is 0 Å². The van der Waals surface area contributed by atoms with E-state index in [-0.39, 0.29) is 6.04 Å². The van der Waals surface area contributed by atoms with E-state index in [1.165, 1.54) is 11.3 Å². The zero-order valence-electron chi connectivity index (χ0n) is 11.4. The molecule has 1 aromatic rings. The average molecular weight is 312 g/mol. The van der Waals surface area contributed by atoms with Gasteiger partial charge in [0.05, 0.1) is 0 Å². The number of benzene rings is 1. The van der Waals surface area contributed by atoms with Crippen molar-refractivity contribution in [3.63, 3.8) is 0 Å². The number of halogens is 1. The Bertz CT molecular complexity index is 420. The molecule has 0 radical (unpaired) electrons. The Balaban J connectivity index is 2.29. The number of likely N-dealkylation sites (N-methyl/N-ethyl adjacent to an activating group) is 1. The third-order valence-corrected chi connectivity index (χ3v) is 4.28. The van der Waals surface area contributed by atoms with Crippen molar-refractivity contribution in [2.24, 2.45) is 5.73 Å². The number of nitrogens with zero attached hydrogens (tertiary/aromatic N) is 2. The maximum atomic E-state index is 6.08. The first-order valence-electron chi connectivity index (χ1n) is 6.49. The monoisotopic (exact) mass is 311 g/mol. The molecule has 18 heavy (non-hydrogen) atoms. The molecule has 0 bridgehead atoms. The fourth-order valence-corrected chi connectivity index (χ4v) is 2.79. The number of anilines is 1. The molecule has 3 nitrogen and oxygen atoms in total. The quantitative estimate of drug-likeness (QED) is 0.911. The zero-order valence-corrected chi connectivity index (χ0v) is 12.9. The van der Waals surface area contributed by atoms with Gasteiger partial charge in [0, 0.05) is 41.9 Å². The second-order valence-corrected chi connectivity index (χ2v) is 6.18. The Labute approximate surface area is 118 Å². The van der Waals surface area contributed by atoms with Crippen LogP contribution in [-0.2, 0) is 0 Å². The normalized spacial score (nSPS) is 23.2.